The first kappa shape index (κ1) is 14.9. The summed E-state index contributed by atoms with van der Waals surface area (Å²) in [5.41, 5.74) is 2.36. The van der Waals surface area contributed by atoms with Gasteiger partial charge in [0, 0.05) is 10.6 Å². The fourth-order valence-corrected chi connectivity index (χ4v) is 2.59. The molecule has 0 saturated heterocycles. The summed E-state index contributed by atoms with van der Waals surface area (Å²) < 4.78 is 1.90. The molecule has 22 heavy (non-hydrogen) atoms. The van der Waals surface area contributed by atoms with E-state index in [9.17, 15) is 4.79 Å². The Bertz CT molecular complexity index is 812. The number of para-hydroxylation sites is 2. The standard InChI is InChI=1S/C16H13Cl2N3O/c17-9-15-20-13-3-1-2-4-14(13)21(15)10-19-16(22)11-5-7-12(18)8-6-11/h1-8H,9-10H2,(H,19,22). The molecule has 4 nitrogen and oxygen atoms in total. The third-order valence-corrected chi connectivity index (χ3v) is 3.85. The molecule has 0 radical (unpaired) electrons. The van der Waals surface area contributed by atoms with Gasteiger partial charge in [-0.25, -0.2) is 4.98 Å². The molecule has 1 N–H and O–H groups in total. The van der Waals surface area contributed by atoms with Crippen molar-refractivity contribution in [3.63, 3.8) is 0 Å². The zero-order valence-corrected chi connectivity index (χ0v) is 13.1. The Hall–Kier alpha value is -2.04. The molecule has 0 aliphatic carbocycles. The van der Waals surface area contributed by atoms with Crippen LogP contribution in [0, 0.1) is 0 Å². The van der Waals surface area contributed by atoms with Crippen LogP contribution in [0.3, 0.4) is 0 Å². The normalized spacial score (nSPS) is 10.8. The zero-order valence-electron chi connectivity index (χ0n) is 11.6. The summed E-state index contributed by atoms with van der Waals surface area (Å²) in [6, 6.07) is 14.5. The summed E-state index contributed by atoms with van der Waals surface area (Å²) in [5, 5.41) is 3.47. The molecule has 6 heteroatoms. The summed E-state index contributed by atoms with van der Waals surface area (Å²) in [6.45, 7) is 0.310. The van der Waals surface area contributed by atoms with Gasteiger partial charge in [-0.2, -0.15) is 0 Å². The van der Waals surface area contributed by atoms with E-state index in [1.807, 2.05) is 28.8 Å². The van der Waals surface area contributed by atoms with Crippen LogP contribution in [0.15, 0.2) is 48.5 Å². The molecule has 0 aliphatic heterocycles. The van der Waals surface area contributed by atoms with Crippen molar-refractivity contribution in [2.75, 3.05) is 0 Å². The van der Waals surface area contributed by atoms with Gasteiger partial charge in [-0.3, -0.25) is 4.79 Å². The van der Waals surface area contributed by atoms with Crippen molar-refractivity contribution in [1.29, 1.82) is 0 Å². The van der Waals surface area contributed by atoms with Crippen molar-refractivity contribution in [3.05, 3.63) is 64.9 Å². The molecule has 1 amide bonds. The van der Waals surface area contributed by atoms with Crippen LogP contribution < -0.4 is 5.32 Å². The Morgan fingerprint density at radius 3 is 2.59 bits per heavy atom. The minimum atomic E-state index is -0.171. The van der Waals surface area contributed by atoms with Crippen LogP contribution >= 0.6 is 23.2 Å². The van der Waals surface area contributed by atoms with Crippen molar-refractivity contribution in [2.45, 2.75) is 12.5 Å². The smallest absolute Gasteiger partial charge is 0.252 e. The molecule has 1 heterocycles. The lowest BCUT2D eigenvalue weighted by Gasteiger charge is -2.10. The van der Waals surface area contributed by atoms with Crippen molar-refractivity contribution in [2.24, 2.45) is 0 Å². The van der Waals surface area contributed by atoms with Crippen molar-refractivity contribution < 1.29 is 4.79 Å². The number of hydrogen-bond acceptors (Lipinski definition) is 2. The number of carbonyl (C=O) groups is 1. The molecule has 0 unspecified atom stereocenters. The first-order chi connectivity index (χ1) is 10.7. The summed E-state index contributed by atoms with van der Waals surface area (Å²) in [4.78, 5) is 16.6. The third-order valence-electron chi connectivity index (χ3n) is 3.36. The van der Waals surface area contributed by atoms with E-state index in [-0.39, 0.29) is 11.8 Å². The molecular weight excluding hydrogens is 321 g/mol. The number of benzene rings is 2. The molecule has 1 aromatic heterocycles. The van der Waals surface area contributed by atoms with Crippen LogP contribution in [0.4, 0.5) is 0 Å². The number of fused-ring (bicyclic) bond motifs is 1. The van der Waals surface area contributed by atoms with Crippen LogP contribution in [-0.2, 0) is 12.5 Å². The van der Waals surface area contributed by atoms with Gasteiger partial charge in [0.05, 0.1) is 23.6 Å². The molecule has 0 bridgehead atoms. The minimum Gasteiger partial charge on any atom is -0.334 e. The number of nitrogens with zero attached hydrogens (tertiary/aromatic N) is 2. The van der Waals surface area contributed by atoms with Crippen LogP contribution in [0.2, 0.25) is 5.02 Å². The van der Waals surface area contributed by atoms with E-state index in [1.165, 1.54) is 0 Å². The number of nitrogens with one attached hydrogen (secondary N) is 1. The summed E-state index contributed by atoms with van der Waals surface area (Å²) in [6.07, 6.45) is 0. The van der Waals surface area contributed by atoms with Gasteiger partial charge >= 0.3 is 0 Å². The highest BCUT2D eigenvalue weighted by atomic mass is 35.5. The first-order valence-corrected chi connectivity index (χ1v) is 7.64. The van der Waals surface area contributed by atoms with Crippen molar-refractivity contribution >= 4 is 40.1 Å². The second-order valence-corrected chi connectivity index (χ2v) is 5.45. The number of aromatic nitrogens is 2. The highest BCUT2D eigenvalue weighted by Gasteiger charge is 2.11. The van der Waals surface area contributed by atoms with Crippen molar-refractivity contribution in [1.82, 2.24) is 14.9 Å². The minimum absolute atomic E-state index is 0.171. The SMILES string of the molecule is O=C(NCn1c(CCl)nc2ccccc21)c1ccc(Cl)cc1. The van der Waals surface area contributed by atoms with E-state index in [0.29, 0.717) is 17.3 Å². The van der Waals surface area contributed by atoms with Crippen LogP contribution in [0.5, 0.6) is 0 Å². The number of hydrogen-bond donors (Lipinski definition) is 1. The lowest BCUT2D eigenvalue weighted by molar-refractivity contribution is 0.0942. The van der Waals surface area contributed by atoms with Gasteiger partial charge in [-0.15, -0.1) is 11.6 Å². The zero-order chi connectivity index (χ0) is 15.5. The van der Waals surface area contributed by atoms with E-state index in [2.05, 4.69) is 10.3 Å². The first-order valence-electron chi connectivity index (χ1n) is 6.73. The molecule has 2 aromatic carbocycles. The van der Waals surface area contributed by atoms with Gasteiger partial charge in [-0.05, 0) is 36.4 Å². The fourth-order valence-electron chi connectivity index (χ4n) is 2.26. The van der Waals surface area contributed by atoms with Crippen LogP contribution in [0.1, 0.15) is 16.2 Å². The monoisotopic (exact) mass is 333 g/mol. The Labute approximate surface area is 137 Å². The molecule has 0 aliphatic rings. The average Bonchev–Trinajstić information content (AvgIpc) is 2.91. The number of imidazole rings is 1. The number of amides is 1. The third kappa shape index (κ3) is 2.93. The topological polar surface area (TPSA) is 46.9 Å². The highest BCUT2D eigenvalue weighted by Crippen LogP contribution is 2.17. The molecule has 0 spiro atoms. The van der Waals surface area contributed by atoms with Gasteiger partial charge in [0.2, 0.25) is 0 Å². The number of alkyl halides is 1. The van der Waals surface area contributed by atoms with Gasteiger partial charge < -0.3 is 9.88 Å². The Morgan fingerprint density at radius 1 is 1.14 bits per heavy atom. The second kappa shape index (κ2) is 6.38. The molecule has 3 aromatic rings. The lowest BCUT2D eigenvalue weighted by Crippen LogP contribution is -2.26. The second-order valence-electron chi connectivity index (χ2n) is 4.75. The quantitative estimate of drug-likeness (QED) is 0.738. The Morgan fingerprint density at radius 2 is 1.86 bits per heavy atom. The maximum atomic E-state index is 12.2. The number of carbonyl (C=O) groups excluding carboxylic acids is 1. The Balaban J connectivity index is 1.81. The molecule has 3 rings (SSSR count). The maximum Gasteiger partial charge on any atom is 0.252 e. The van der Waals surface area contributed by atoms with Crippen LogP contribution in [0.25, 0.3) is 11.0 Å². The Kier molecular flexibility index (Phi) is 4.32. The van der Waals surface area contributed by atoms with E-state index in [4.69, 9.17) is 23.2 Å². The number of rotatable bonds is 4. The molecule has 112 valence electrons. The molecule has 0 saturated carbocycles. The molecule has 0 atom stereocenters. The van der Waals surface area contributed by atoms with Gasteiger partial charge in [0.15, 0.2) is 0 Å². The largest absolute Gasteiger partial charge is 0.334 e. The number of halogens is 2. The lowest BCUT2D eigenvalue weighted by atomic mass is 10.2. The summed E-state index contributed by atoms with van der Waals surface area (Å²) in [7, 11) is 0. The predicted octanol–water partition coefficient (Wildman–Crippen LogP) is 3.82. The van der Waals surface area contributed by atoms with E-state index in [0.717, 1.165) is 16.9 Å². The van der Waals surface area contributed by atoms with Gasteiger partial charge in [-0.1, -0.05) is 23.7 Å². The maximum absolute atomic E-state index is 12.2. The summed E-state index contributed by atoms with van der Waals surface area (Å²) in [5.74, 6) is 0.833. The van der Waals surface area contributed by atoms with Crippen molar-refractivity contribution in [3.8, 4) is 0 Å². The summed E-state index contributed by atoms with van der Waals surface area (Å²) >= 11 is 11.8. The van der Waals surface area contributed by atoms with E-state index < -0.39 is 0 Å². The highest BCUT2D eigenvalue weighted by molar-refractivity contribution is 6.30. The molecular formula is C16H13Cl2N3O. The molecule has 0 fully saturated rings. The predicted molar refractivity (Wildman–Crippen MR) is 88.2 cm³/mol. The average molecular weight is 334 g/mol. The van der Waals surface area contributed by atoms with Gasteiger partial charge in [0.1, 0.15) is 5.82 Å². The van der Waals surface area contributed by atoms with E-state index >= 15 is 0 Å². The van der Waals surface area contributed by atoms with Crippen LogP contribution in [-0.4, -0.2) is 15.5 Å². The van der Waals surface area contributed by atoms with E-state index in [1.54, 1.807) is 24.3 Å². The fraction of sp³-hybridized carbons (Fsp3) is 0.125. The van der Waals surface area contributed by atoms with Gasteiger partial charge in [0.25, 0.3) is 5.91 Å².